The third-order valence-corrected chi connectivity index (χ3v) is 1.40. The van der Waals surface area contributed by atoms with Gasteiger partial charge in [-0.25, -0.2) is 0 Å². The molecule has 0 aromatic carbocycles. The molecule has 0 bridgehead atoms. The van der Waals surface area contributed by atoms with Crippen LogP contribution in [0.15, 0.2) is 6.07 Å². The molecule has 0 saturated heterocycles. The lowest BCUT2D eigenvalue weighted by molar-refractivity contribution is 0.111. The molecule has 3 heteroatoms. The van der Waals surface area contributed by atoms with Crippen molar-refractivity contribution in [1.29, 1.82) is 0 Å². The second kappa shape index (κ2) is 3.32. The van der Waals surface area contributed by atoms with Gasteiger partial charge >= 0.3 is 0 Å². The van der Waals surface area contributed by atoms with Crippen LogP contribution in [0.25, 0.3) is 0 Å². The molecule has 1 rings (SSSR count). The van der Waals surface area contributed by atoms with Crippen LogP contribution >= 0.6 is 0 Å². The minimum Gasteiger partial charge on any atom is -0.296 e. The summed E-state index contributed by atoms with van der Waals surface area (Å²) in [5.41, 5.74) is 1.52. The fourth-order valence-corrected chi connectivity index (χ4v) is 0.984. The first-order valence-corrected chi connectivity index (χ1v) is 3.72. The van der Waals surface area contributed by atoms with Gasteiger partial charge in [-0.15, -0.1) is 0 Å². The standard InChI is InChI=1S/C8H12N2O/c1-6(2)3-7-4-8(5-11)10-9-7/h4-6H,3H2,1-2H3,(H,9,10). The number of carbonyl (C=O) groups is 1. The number of H-pyrrole nitrogens is 1. The summed E-state index contributed by atoms with van der Waals surface area (Å²) in [6.45, 7) is 4.25. The van der Waals surface area contributed by atoms with Crippen molar-refractivity contribution >= 4 is 6.29 Å². The molecule has 0 fully saturated rings. The summed E-state index contributed by atoms with van der Waals surface area (Å²) in [6, 6.07) is 1.78. The predicted octanol–water partition coefficient (Wildman–Crippen LogP) is 1.42. The lowest BCUT2D eigenvalue weighted by Crippen LogP contribution is -1.93. The van der Waals surface area contributed by atoms with E-state index in [0.717, 1.165) is 18.4 Å². The van der Waals surface area contributed by atoms with Crippen molar-refractivity contribution in [2.24, 2.45) is 5.92 Å². The van der Waals surface area contributed by atoms with Crippen molar-refractivity contribution < 1.29 is 4.79 Å². The van der Waals surface area contributed by atoms with Gasteiger partial charge in [0.15, 0.2) is 6.29 Å². The van der Waals surface area contributed by atoms with Crippen LogP contribution in [0.5, 0.6) is 0 Å². The van der Waals surface area contributed by atoms with Gasteiger partial charge in [0, 0.05) is 5.69 Å². The van der Waals surface area contributed by atoms with E-state index in [1.54, 1.807) is 6.07 Å². The SMILES string of the molecule is CC(C)Cc1cc(C=O)n[nH]1. The maximum absolute atomic E-state index is 10.2. The van der Waals surface area contributed by atoms with Crippen LogP contribution in [-0.4, -0.2) is 16.5 Å². The highest BCUT2D eigenvalue weighted by Gasteiger charge is 2.01. The molecule has 0 spiro atoms. The zero-order chi connectivity index (χ0) is 8.27. The van der Waals surface area contributed by atoms with Gasteiger partial charge in [-0.2, -0.15) is 5.10 Å². The number of aldehydes is 1. The van der Waals surface area contributed by atoms with Crippen molar-refractivity contribution in [2.75, 3.05) is 0 Å². The van der Waals surface area contributed by atoms with Crippen molar-refractivity contribution in [1.82, 2.24) is 10.2 Å². The molecule has 0 atom stereocenters. The highest BCUT2D eigenvalue weighted by molar-refractivity contribution is 5.71. The van der Waals surface area contributed by atoms with Crippen LogP contribution < -0.4 is 0 Å². The third-order valence-electron chi connectivity index (χ3n) is 1.40. The topological polar surface area (TPSA) is 45.8 Å². The quantitative estimate of drug-likeness (QED) is 0.666. The Labute approximate surface area is 65.8 Å². The highest BCUT2D eigenvalue weighted by Crippen LogP contribution is 2.04. The van der Waals surface area contributed by atoms with E-state index in [9.17, 15) is 4.79 Å². The van der Waals surface area contributed by atoms with Crippen LogP contribution in [0.4, 0.5) is 0 Å². The normalized spacial score (nSPS) is 10.5. The Morgan fingerprint density at radius 1 is 1.73 bits per heavy atom. The summed E-state index contributed by atoms with van der Waals surface area (Å²) in [6.07, 6.45) is 1.70. The van der Waals surface area contributed by atoms with Gasteiger partial charge in [-0.05, 0) is 18.4 Å². The maximum Gasteiger partial charge on any atom is 0.170 e. The fourth-order valence-electron chi connectivity index (χ4n) is 0.984. The summed E-state index contributed by atoms with van der Waals surface area (Å²) in [5, 5.41) is 6.60. The molecular formula is C8H12N2O. The van der Waals surface area contributed by atoms with Crippen molar-refractivity contribution in [3.63, 3.8) is 0 Å². The molecular weight excluding hydrogens is 140 g/mol. The summed E-state index contributed by atoms with van der Waals surface area (Å²) >= 11 is 0. The number of hydrogen-bond acceptors (Lipinski definition) is 2. The minimum absolute atomic E-state index is 0.487. The zero-order valence-corrected chi connectivity index (χ0v) is 6.79. The molecule has 1 N–H and O–H groups in total. The second-order valence-electron chi connectivity index (χ2n) is 3.03. The van der Waals surface area contributed by atoms with E-state index in [1.807, 2.05) is 0 Å². The van der Waals surface area contributed by atoms with Crippen LogP contribution in [0, 0.1) is 5.92 Å². The first kappa shape index (κ1) is 7.98. The van der Waals surface area contributed by atoms with Crippen molar-refractivity contribution in [2.45, 2.75) is 20.3 Å². The van der Waals surface area contributed by atoms with Gasteiger partial charge in [-0.3, -0.25) is 9.89 Å². The molecule has 0 radical (unpaired) electrons. The second-order valence-corrected chi connectivity index (χ2v) is 3.03. The van der Waals surface area contributed by atoms with E-state index < -0.39 is 0 Å². The van der Waals surface area contributed by atoms with Crippen LogP contribution in [-0.2, 0) is 6.42 Å². The molecule has 1 aromatic heterocycles. The largest absolute Gasteiger partial charge is 0.296 e. The first-order valence-electron chi connectivity index (χ1n) is 3.72. The maximum atomic E-state index is 10.2. The number of nitrogens with zero attached hydrogens (tertiary/aromatic N) is 1. The minimum atomic E-state index is 0.487. The Hall–Kier alpha value is -1.12. The molecule has 0 unspecified atom stereocenters. The van der Waals surface area contributed by atoms with Gasteiger partial charge in [0.25, 0.3) is 0 Å². The van der Waals surface area contributed by atoms with E-state index in [-0.39, 0.29) is 0 Å². The molecule has 3 nitrogen and oxygen atoms in total. The van der Waals surface area contributed by atoms with Crippen molar-refractivity contribution in [3.05, 3.63) is 17.5 Å². The van der Waals surface area contributed by atoms with E-state index in [2.05, 4.69) is 24.0 Å². The highest BCUT2D eigenvalue weighted by atomic mass is 16.1. The molecule has 0 aliphatic heterocycles. The Morgan fingerprint density at radius 3 is 2.91 bits per heavy atom. The van der Waals surface area contributed by atoms with Gasteiger partial charge in [0.2, 0.25) is 0 Å². The number of aromatic amines is 1. The van der Waals surface area contributed by atoms with E-state index in [0.29, 0.717) is 11.6 Å². The summed E-state index contributed by atoms with van der Waals surface area (Å²) in [5.74, 6) is 0.593. The Bertz CT molecular complexity index is 240. The molecule has 1 aromatic rings. The van der Waals surface area contributed by atoms with Gasteiger partial charge in [0.05, 0.1) is 0 Å². The summed E-state index contributed by atoms with van der Waals surface area (Å²) in [7, 11) is 0. The fraction of sp³-hybridized carbons (Fsp3) is 0.500. The lowest BCUT2D eigenvalue weighted by atomic mass is 10.1. The molecule has 1 heterocycles. The molecule has 0 amide bonds. The van der Waals surface area contributed by atoms with Crippen molar-refractivity contribution in [3.8, 4) is 0 Å². The van der Waals surface area contributed by atoms with Gasteiger partial charge in [0.1, 0.15) is 5.69 Å². The van der Waals surface area contributed by atoms with Crippen LogP contribution in [0.2, 0.25) is 0 Å². The number of aromatic nitrogens is 2. The Balaban J connectivity index is 2.65. The smallest absolute Gasteiger partial charge is 0.170 e. The Kier molecular flexibility index (Phi) is 2.41. The first-order chi connectivity index (χ1) is 5.22. The number of hydrogen-bond donors (Lipinski definition) is 1. The molecule has 0 saturated carbocycles. The molecule has 0 aliphatic rings. The van der Waals surface area contributed by atoms with E-state index in [1.165, 1.54) is 0 Å². The van der Waals surface area contributed by atoms with Crippen LogP contribution in [0.1, 0.15) is 30.0 Å². The predicted molar refractivity (Wildman–Crippen MR) is 42.5 cm³/mol. The molecule has 60 valence electrons. The summed E-state index contributed by atoms with van der Waals surface area (Å²) in [4.78, 5) is 10.2. The Morgan fingerprint density at radius 2 is 2.45 bits per heavy atom. The van der Waals surface area contributed by atoms with Crippen LogP contribution in [0.3, 0.4) is 0 Å². The molecule has 0 aliphatic carbocycles. The number of nitrogens with one attached hydrogen (secondary N) is 1. The zero-order valence-electron chi connectivity index (χ0n) is 6.79. The van der Waals surface area contributed by atoms with Gasteiger partial charge in [-0.1, -0.05) is 13.8 Å². The monoisotopic (exact) mass is 152 g/mol. The lowest BCUT2D eigenvalue weighted by Gasteiger charge is -1.98. The number of rotatable bonds is 3. The molecule has 11 heavy (non-hydrogen) atoms. The van der Waals surface area contributed by atoms with E-state index >= 15 is 0 Å². The van der Waals surface area contributed by atoms with E-state index in [4.69, 9.17) is 0 Å². The van der Waals surface area contributed by atoms with Gasteiger partial charge < -0.3 is 0 Å². The average molecular weight is 152 g/mol. The number of carbonyl (C=O) groups excluding carboxylic acids is 1. The summed E-state index contributed by atoms with van der Waals surface area (Å²) < 4.78 is 0. The third kappa shape index (κ3) is 2.18. The average Bonchev–Trinajstić information content (AvgIpc) is 2.34.